The van der Waals surface area contributed by atoms with Crippen LogP contribution in [0.3, 0.4) is 0 Å². The van der Waals surface area contributed by atoms with Gasteiger partial charge in [-0.05, 0) is 35.7 Å². The number of nitrogens with zero attached hydrogens (tertiary/aromatic N) is 2. The molecular weight excluding hydrogens is 276 g/mol. The zero-order valence-electron chi connectivity index (χ0n) is 12.0. The lowest BCUT2D eigenvalue weighted by Gasteiger charge is -2.04. The number of aromatic amines is 1. The number of rotatable bonds is 2. The number of anilines is 1. The minimum atomic E-state index is -0.166. The molecular formula is C17H14N4O. The second-order valence-electron chi connectivity index (χ2n) is 5.27. The Kier molecular flexibility index (Phi) is 2.72. The molecule has 0 unspecified atom stereocenters. The van der Waals surface area contributed by atoms with E-state index in [1.54, 1.807) is 0 Å². The Bertz CT molecular complexity index is 996. The number of carbonyl (C=O) groups excluding carboxylic acids is 1. The van der Waals surface area contributed by atoms with Gasteiger partial charge < -0.3 is 9.88 Å². The molecule has 0 atom stereocenters. The zero-order valence-corrected chi connectivity index (χ0v) is 12.0. The predicted octanol–water partition coefficient (Wildman–Crippen LogP) is 3.31. The molecule has 2 aromatic carbocycles. The van der Waals surface area contributed by atoms with Crippen LogP contribution in [0.1, 0.15) is 10.4 Å². The van der Waals surface area contributed by atoms with Crippen molar-refractivity contribution in [3.05, 3.63) is 60.3 Å². The lowest BCUT2D eigenvalue weighted by atomic mass is 10.1. The molecule has 0 aliphatic rings. The highest BCUT2D eigenvalue weighted by Gasteiger charge is 2.12. The number of fused-ring (bicyclic) bond motifs is 2. The van der Waals surface area contributed by atoms with Crippen molar-refractivity contribution in [1.29, 1.82) is 0 Å². The summed E-state index contributed by atoms with van der Waals surface area (Å²) < 4.78 is 2.00. The van der Waals surface area contributed by atoms with Crippen molar-refractivity contribution >= 4 is 33.5 Å². The topological polar surface area (TPSA) is 62.7 Å². The highest BCUT2D eigenvalue weighted by Crippen LogP contribution is 2.21. The number of para-hydroxylation sites is 1. The lowest BCUT2D eigenvalue weighted by Crippen LogP contribution is -2.12. The average Bonchev–Trinajstić information content (AvgIpc) is 3.12. The van der Waals surface area contributed by atoms with Gasteiger partial charge >= 0.3 is 0 Å². The molecule has 0 bridgehead atoms. The Labute approximate surface area is 126 Å². The van der Waals surface area contributed by atoms with E-state index < -0.39 is 0 Å². The molecule has 0 saturated heterocycles. The highest BCUT2D eigenvalue weighted by atomic mass is 16.1. The first-order valence-corrected chi connectivity index (χ1v) is 7.02. The third-order valence-electron chi connectivity index (χ3n) is 3.85. The first-order chi connectivity index (χ1) is 10.7. The van der Waals surface area contributed by atoms with Gasteiger partial charge in [0.2, 0.25) is 0 Å². The molecule has 2 aromatic heterocycles. The third-order valence-corrected chi connectivity index (χ3v) is 3.85. The number of benzene rings is 2. The predicted molar refractivity (Wildman–Crippen MR) is 87.0 cm³/mol. The van der Waals surface area contributed by atoms with E-state index in [0.29, 0.717) is 11.4 Å². The normalized spacial score (nSPS) is 11.1. The molecule has 4 aromatic rings. The Balaban J connectivity index is 1.69. The molecule has 4 rings (SSSR count). The summed E-state index contributed by atoms with van der Waals surface area (Å²) in [4.78, 5) is 12.5. The van der Waals surface area contributed by atoms with Crippen LogP contribution in [0.15, 0.2) is 54.7 Å². The summed E-state index contributed by atoms with van der Waals surface area (Å²) in [7, 11) is 1.96. The van der Waals surface area contributed by atoms with Gasteiger partial charge in [0, 0.05) is 29.7 Å². The first-order valence-electron chi connectivity index (χ1n) is 7.02. The van der Waals surface area contributed by atoms with Crippen LogP contribution in [0, 0.1) is 0 Å². The van der Waals surface area contributed by atoms with Gasteiger partial charge in [0.05, 0.1) is 5.52 Å². The summed E-state index contributed by atoms with van der Waals surface area (Å²) in [5.41, 5.74) is 2.54. The second kappa shape index (κ2) is 4.73. The van der Waals surface area contributed by atoms with Crippen molar-refractivity contribution in [3.8, 4) is 0 Å². The van der Waals surface area contributed by atoms with Crippen LogP contribution in [0.4, 0.5) is 5.82 Å². The maximum atomic E-state index is 12.5. The molecule has 5 nitrogen and oxygen atoms in total. The van der Waals surface area contributed by atoms with Crippen molar-refractivity contribution in [1.82, 2.24) is 14.8 Å². The van der Waals surface area contributed by atoms with Crippen molar-refractivity contribution < 1.29 is 4.79 Å². The first kappa shape index (κ1) is 12.6. The van der Waals surface area contributed by atoms with Gasteiger partial charge in [-0.3, -0.25) is 9.89 Å². The summed E-state index contributed by atoms with van der Waals surface area (Å²) in [6.07, 6.45) is 1.98. The molecule has 2 heterocycles. The number of hydrogen-bond donors (Lipinski definition) is 2. The molecule has 0 aliphatic carbocycles. The monoisotopic (exact) mass is 290 g/mol. The largest absolute Gasteiger partial charge is 0.351 e. The molecule has 2 N–H and O–H groups in total. The minimum absolute atomic E-state index is 0.166. The standard InChI is InChI=1S/C17H14N4O/c1-21-9-8-11-6-7-12(10-15(11)21)17(22)18-16-13-4-2-3-5-14(13)19-20-16/h2-10H,1H3,(H2,18,19,20,22). The number of hydrogen-bond acceptors (Lipinski definition) is 2. The second-order valence-corrected chi connectivity index (χ2v) is 5.27. The van der Waals surface area contributed by atoms with Gasteiger partial charge in [-0.2, -0.15) is 5.10 Å². The van der Waals surface area contributed by atoms with Crippen molar-refractivity contribution in [2.75, 3.05) is 5.32 Å². The van der Waals surface area contributed by atoms with Crippen LogP contribution in [0.25, 0.3) is 21.8 Å². The van der Waals surface area contributed by atoms with Crippen LogP contribution in [-0.4, -0.2) is 20.7 Å². The lowest BCUT2D eigenvalue weighted by molar-refractivity contribution is 0.102. The fraction of sp³-hybridized carbons (Fsp3) is 0.0588. The van der Waals surface area contributed by atoms with Crippen molar-refractivity contribution in [3.63, 3.8) is 0 Å². The summed E-state index contributed by atoms with van der Waals surface area (Å²) in [6, 6.07) is 15.4. The van der Waals surface area contributed by atoms with Gasteiger partial charge in [-0.1, -0.05) is 18.2 Å². The maximum Gasteiger partial charge on any atom is 0.256 e. The van der Waals surface area contributed by atoms with Gasteiger partial charge in [0.25, 0.3) is 5.91 Å². The molecule has 0 aliphatic heterocycles. The molecule has 0 radical (unpaired) electrons. The van der Waals surface area contributed by atoms with E-state index in [-0.39, 0.29) is 5.91 Å². The number of nitrogens with one attached hydrogen (secondary N) is 2. The van der Waals surface area contributed by atoms with Gasteiger partial charge in [-0.25, -0.2) is 0 Å². The van der Waals surface area contributed by atoms with E-state index in [2.05, 4.69) is 15.5 Å². The average molecular weight is 290 g/mol. The zero-order chi connectivity index (χ0) is 15.1. The van der Waals surface area contributed by atoms with E-state index in [1.807, 2.05) is 66.3 Å². The van der Waals surface area contributed by atoms with Crippen LogP contribution >= 0.6 is 0 Å². The highest BCUT2D eigenvalue weighted by molar-refractivity contribution is 6.09. The Morgan fingerprint density at radius 1 is 1.18 bits per heavy atom. The van der Waals surface area contributed by atoms with Crippen LogP contribution in [0.2, 0.25) is 0 Å². The maximum absolute atomic E-state index is 12.5. The number of amides is 1. The number of H-pyrrole nitrogens is 1. The smallest absolute Gasteiger partial charge is 0.256 e. The van der Waals surface area contributed by atoms with Crippen LogP contribution < -0.4 is 5.32 Å². The van der Waals surface area contributed by atoms with E-state index in [0.717, 1.165) is 21.8 Å². The Hall–Kier alpha value is -3.08. The van der Waals surface area contributed by atoms with Crippen LogP contribution in [0.5, 0.6) is 0 Å². The summed E-state index contributed by atoms with van der Waals surface area (Å²) in [6.45, 7) is 0. The van der Waals surface area contributed by atoms with Gasteiger partial charge in [-0.15, -0.1) is 0 Å². The Morgan fingerprint density at radius 2 is 2.05 bits per heavy atom. The van der Waals surface area contributed by atoms with E-state index in [4.69, 9.17) is 0 Å². The SMILES string of the molecule is Cn1ccc2ccc(C(=O)Nc3n[nH]c4ccccc34)cc21. The van der Waals surface area contributed by atoms with Gasteiger partial charge in [0.15, 0.2) is 5.82 Å². The number of aryl methyl sites for hydroxylation is 1. The minimum Gasteiger partial charge on any atom is -0.351 e. The molecule has 5 heteroatoms. The quantitative estimate of drug-likeness (QED) is 0.595. The van der Waals surface area contributed by atoms with Crippen LogP contribution in [-0.2, 0) is 7.05 Å². The number of carbonyl (C=O) groups is 1. The van der Waals surface area contributed by atoms with Crippen molar-refractivity contribution in [2.24, 2.45) is 7.05 Å². The fourth-order valence-electron chi connectivity index (χ4n) is 2.64. The fourth-order valence-corrected chi connectivity index (χ4v) is 2.64. The Morgan fingerprint density at radius 3 is 2.95 bits per heavy atom. The molecule has 108 valence electrons. The molecule has 0 fully saturated rings. The summed E-state index contributed by atoms with van der Waals surface area (Å²) >= 11 is 0. The molecule has 1 amide bonds. The number of aromatic nitrogens is 3. The third kappa shape index (κ3) is 1.95. The van der Waals surface area contributed by atoms with E-state index in [9.17, 15) is 4.79 Å². The molecule has 22 heavy (non-hydrogen) atoms. The van der Waals surface area contributed by atoms with Crippen molar-refractivity contribution in [2.45, 2.75) is 0 Å². The van der Waals surface area contributed by atoms with Gasteiger partial charge in [0.1, 0.15) is 0 Å². The van der Waals surface area contributed by atoms with E-state index >= 15 is 0 Å². The molecule has 0 spiro atoms. The molecule has 0 saturated carbocycles. The summed E-state index contributed by atoms with van der Waals surface area (Å²) in [5, 5.41) is 12.0. The van der Waals surface area contributed by atoms with E-state index in [1.165, 1.54) is 0 Å². The summed E-state index contributed by atoms with van der Waals surface area (Å²) in [5.74, 6) is 0.382.